The molecule has 344 valence electrons. The van der Waals surface area contributed by atoms with E-state index in [1.165, 1.54) is 140 Å². The fraction of sp³-hybridized carbons (Fsp3) is 0.111. The van der Waals surface area contributed by atoms with Crippen LogP contribution in [0.5, 0.6) is 0 Å². The van der Waals surface area contributed by atoms with E-state index in [2.05, 4.69) is 272 Å². The van der Waals surface area contributed by atoms with Gasteiger partial charge in [-0.05, 0) is 163 Å². The summed E-state index contributed by atoms with van der Waals surface area (Å²) in [7, 11) is 0. The first kappa shape index (κ1) is 43.7. The summed E-state index contributed by atoms with van der Waals surface area (Å²) in [4.78, 5) is 0. The van der Waals surface area contributed by atoms with Crippen molar-refractivity contribution < 1.29 is 0 Å². The summed E-state index contributed by atoms with van der Waals surface area (Å²) in [5, 5.41) is 29.7. The zero-order valence-corrected chi connectivity index (χ0v) is 41.9. The van der Waals surface area contributed by atoms with Crippen LogP contribution in [0.4, 0.5) is 0 Å². The van der Waals surface area contributed by atoms with Crippen molar-refractivity contribution in [1.82, 2.24) is 0 Å². The molecule has 0 heterocycles. The molecule has 0 saturated carbocycles. The number of hydrogen-bond acceptors (Lipinski definition) is 0. The molecule has 0 spiro atoms. The fourth-order valence-electron chi connectivity index (χ4n) is 11.4. The molecule has 0 nitrogen and oxygen atoms in total. The molecule has 0 atom stereocenters. The van der Waals surface area contributed by atoms with Crippen molar-refractivity contribution in [1.29, 1.82) is 0 Å². The van der Waals surface area contributed by atoms with E-state index in [0.29, 0.717) is 0 Å². The Hall–Kier alpha value is -8.32. The molecule has 0 aliphatic carbocycles. The summed E-state index contributed by atoms with van der Waals surface area (Å²) in [6, 6.07) is 87.7. The first-order chi connectivity index (χ1) is 34.9. The van der Waals surface area contributed by atoms with Crippen LogP contribution in [-0.2, 0) is 10.8 Å². The predicted molar refractivity (Wildman–Crippen MR) is 318 cm³/mol. The van der Waals surface area contributed by atoms with Crippen molar-refractivity contribution >= 4 is 129 Å². The maximum atomic E-state index is 2.39. The van der Waals surface area contributed by atoms with E-state index in [-0.39, 0.29) is 10.8 Å². The van der Waals surface area contributed by atoms with E-state index in [0.717, 1.165) is 0 Å². The van der Waals surface area contributed by atoms with Crippen LogP contribution in [0.3, 0.4) is 0 Å². The molecule has 0 unspecified atom stereocenters. The second-order valence-corrected chi connectivity index (χ2v) is 22.2. The molecule has 0 aliphatic heterocycles. The Bertz CT molecular complexity index is 3980. The molecule has 12 bridgehead atoms. The van der Waals surface area contributed by atoms with Crippen LogP contribution in [-0.4, -0.2) is 0 Å². The Labute approximate surface area is 421 Å². The van der Waals surface area contributed by atoms with Crippen LogP contribution in [0, 0.1) is 0 Å². The smallest absolute Gasteiger partial charge is 0.00206 e. The number of benzene rings is 12. The highest BCUT2D eigenvalue weighted by Crippen LogP contribution is 2.39. The number of rotatable bonds is 0. The molecular formula is C72H56. The second kappa shape index (κ2) is 16.6. The first-order valence-electron chi connectivity index (χ1n) is 25.5. The van der Waals surface area contributed by atoms with Crippen LogP contribution < -0.4 is 0 Å². The van der Waals surface area contributed by atoms with E-state index < -0.39 is 0 Å². The Kier molecular flexibility index (Phi) is 10.1. The van der Waals surface area contributed by atoms with Crippen molar-refractivity contribution in [3.63, 3.8) is 0 Å². The lowest BCUT2D eigenvalue weighted by molar-refractivity contribution is 0.591. The summed E-state index contributed by atoms with van der Waals surface area (Å²) >= 11 is 0. The van der Waals surface area contributed by atoms with Gasteiger partial charge in [0.05, 0.1) is 0 Å². The van der Waals surface area contributed by atoms with E-state index >= 15 is 0 Å². The molecule has 0 aromatic heterocycles. The fourth-order valence-corrected chi connectivity index (χ4v) is 11.4. The van der Waals surface area contributed by atoms with Gasteiger partial charge in [-0.2, -0.15) is 0 Å². The van der Waals surface area contributed by atoms with Crippen molar-refractivity contribution in [3.05, 3.63) is 242 Å². The lowest BCUT2D eigenvalue weighted by Gasteiger charge is -2.20. The standard InChI is InChI=1S/C72H56/c1-71(2,3)61-41-57-39-58(42-61)46-21-29-50(30-22-46)64-16-8-12-54-36-38-56-14-10-18-66(70(56)68(54)64)52-33-25-48(26-34-52)60-40-59(43-62(44-60)72(4,5)6)47-23-31-51(32-24-47)65-17-9-13-55-37-35-53-11-7-15-63(67(53)69(55)65)49-27-19-45(57)20-28-49/h7-44H,1-6H3. The quantitative estimate of drug-likeness (QED) is 0.133. The third kappa shape index (κ3) is 7.53. The van der Waals surface area contributed by atoms with Gasteiger partial charge in [-0.15, -0.1) is 0 Å². The van der Waals surface area contributed by atoms with Gasteiger partial charge < -0.3 is 0 Å². The van der Waals surface area contributed by atoms with Gasteiger partial charge in [0.1, 0.15) is 0 Å². The van der Waals surface area contributed by atoms with Crippen LogP contribution in [0.1, 0.15) is 52.7 Å². The van der Waals surface area contributed by atoms with Crippen molar-refractivity contribution in [3.8, 4) is 0 Å². The average molecular weight is 921 g/mol. The molecule has 0 heteroatoms. The third-order valence-corrected chi connectivity index (χ3v) is 15.5. The van der Waals surface area contributed by atoms with Crippen molar-refractivity contribution in [2.75, 3.05) is 0 Å². The van der Waals surface area contributed by atoms with E-state index in [4.69, 9.17) is 0 Å². The molecule has 72 heavy (non-hydrogen) atoms. The summed E-state index contributed by atoms with van der Waals surface area (Å²) in [5.74, 6) is 0. The van der Waals surface area contributed by atoms with Crippen molar-refractivity contribution in [2.24, 2.45) is 0 Å². The van der Waals surface area contributed by atoms with E-state index in [9.17, 15) is 0 Å². The minimum absolute atomic E-state index is 0.0357. The Morgan fingerprint density at radius 2 is 0.375 bits per heavy atom. The highest BCUT2D eigenvalue weighted by molar-refractivity contribution is 6.28. The topological polar surface area (TPSA) is 0 Å². The highest BCUT2D eigenvalue weighted by Gasteiger charge is 2.17. The first-order valence-corrected chi connectivity index (χ1v) is 25.5. The Balaban J connectivity index is 1.16. The molecule has 0 radical (unpaired) electrons. The summed E-state index contributed by atoms with van der Waals surface area (Å²) in [6.07, 6.45) is 0. The predicted octanol–water partition coefficient (Wildman–Crippen LogP) is 20.9. The maximum absolute atomic E-state index is 2.39. The Morgan fingerprint density at radius 3 is 0.583 bits per heavy atom. The van der Waals surface area contributed by atoms with Gasteiger partial charge in [0, 0.05) is 0 Å². The summed E-state index contributed by atoms with van der Waals surface area (Å²) in [5.41, 5.74) is 2.57. The lowest BCUT2D eigenvalue weighted by Crippen LogP contribution is -2.10. The molecule has 19 rings (SSSR count). The van der Waals surface area contributed by atoms with Crippen LogP contribution in [0.25, 0.3) is 129 Å². The minimum atomic E-state index is -0.0357. The number of hydrogen-bond donors (Lipinski definition) is 0. The monoisotopic (exact) mass is 920 g/mol. The van der Waals surface area contributed by atoms with Gasteiger partial charge in [0.15, 0.2) is 0 Å². The molecule has 19 aromatic carbocycles. The van der Waals surface area contributed by atoms with Gasteiger partial charge >= 0.3 is 0 Å². The van der Waals surface area contributed by atoms with Crippen LogP contribution in [0.15, 0.2) is 231 Å². The van der Waals surface area contributed by atoms with E-state index in [1.54, 1.807) is 0 Å². The third-order valence-electron chi connectivity index (χ3n) is 15.5. The second-order valence-electron chi connectivity index (χ2n) is 22.2. The average Bonchev–Trinajstić information content (AvgIpc) is 3.41. The summed E-state index contributed by atoms with van der Waals surface area (Å²) < 4.78 is 0. The van der Waals surface area contributed by atoms with Crippen molar-refractivity contribution in [2.45, 2.75) is 52.4 Å². The molecule has 0 N–H and O–H groups in total. The largest absolute Gasteiger partial charge is 0.0610 e. The zero-order chi connectivity index (χ0) is 48.9. The minimum Gasteiger partial charge on any atom is -0.0610 e. The SMILES string of the molecule is CC(C)(C)c1cc2cc(c1)c1ccc(cc1)c1cccc3ccc4cccc(c5ccc(cc5)c5cc(C(C)(C)C)cc(c5)c5ccc(cc5)c5cccc6ccc7cccc(c8ccc2cc8)c7c65)c4c31. The van der Waals surface area contributed by atoms with Gasteiger partial charge in [-0.3, -0.25) is 0 Å². The highest BCUT2D eigenvalue weighted by atomic mass is 14.2. The maximum Gasteiger partial charge on any atom is -0.00206 e. The summed E-state index contributed by atoms with van der Waals surface area (Å²) in [6.45, 7) is 13.9. The molecule has 0 saturated heterocycles. The molecular weight excluding hydrogens is 865 g/mol. The van der Waals surface area contributed by atoms with Gasteiger partial charge in [-0.1, -0.05) is 260 Å². The molecule has 19 aromatic rings. The van der Waals surface area contributed by atoms with E-state index in [1.807, 2.05) is 0 Å². The van der Waals surface area contributed by atoms with Gasteiger partial charge in [0.25, 0.3) is 0 Å². The van der Waals surface area contributed by atoms with Gasteiger partial charge in [0.2, 0.25) is 0 Å². The molecule has 0 amide bonds. The Morgan fingerprint density at radius 1 is 0.181 bits per heavy atom. The normalized spacial score (nSPS) is 12.3. The van der Waals surface area contributed by atoms with Crippen LogP contribution in [0.2, 0.25) is 0 Å². The zero-order valence-electron chi connectivity index (χ0n) is 41.9. The molecule has 0 aliphatic rings. The molecule has 0 fully saturated rings. The van der Waals surface area contributed by atoms with Gasteiger partial charge in [-0.25, -0.2) is 0 Å². The lowest BCUT2D eigenvalue weighted by atomic mass is 9.85. The van der Waals surface area contributed by atoms with Crippen LogP contribution >= 0.6 is 0 Å².